The Labute approximate surface area is 127 Å². The molecule has 0 radical (unpaired) electrons. The Bertz CT molecular complexity index is 603. The van der Waals surface area contributed by atoms with Gasteiger partial charge in [0.05, 0.1) is 0 Å². The zero-order valence-electron chi connectivity index (χ0n) is 13.0. The van der Waals surface area contributed by atoms with Gasteiger partial charge in [-0.3, -0.25) is 9.88 Å². The third kappa shape index (κ3) is 2.68. The number of nitrogens with zero attached hydrogens (tertiary/aromatic N) is 2. The Morgan fingerprint density at radius 3 is 2.86 bits per heavy atom. The van der Waals surface area contributed by atoms with Crippen LogP contribution in [0.25, 0.3) is 10.8 Å². The van der Waals surface area contributed by atoms with Crippen LogP contribution in [0.3, 0.4) is 0 Å². The Morgan fingerprint density at radius 1 is 1.29 bits per heavy atom. The fourth-order valence-corrected chi connectivity index (χ4v) is 3.76. The van der Waals surface area contributed by atoms with Crippen LogP contribution >= 0.6 is 0 Å². The van der Waals surface area contributed by atoms with Crippen LogP contribution in [0.5, 0.6) is 0 Å². The van der Waals surface area contributed by atoms with Crippen LogP contribution in [-0.4, -0.2) is 29.0 Å². The molecule has 3 heteroatoms. The standard InChI is InChI=1S/C18H25N3/c1-13(2)17-8-5-9-21(17)18(10-19)16-12-20-11-14-6-3-4-7-15(14)16/h3-4,6-7,11-13,17-18H,5,8-10,19H2,1-2H3. The normalized spacial score (nSPS) is 21.2. The van der Waals surface area contributed by atoms with Gasteiger partial charge < -0.3 is 5.73 Å². The number of rotatable bonds is 4. The molecule has 3 rings (SSSR count). The highest BCUT2D eigenvalue weighted by Gasteiger charge is 2.33. The van der Waals surface area contributed by atoms with Gasteiger partial charge in [-0.05, 0) is 36.3 Å². The lowest BCUT2D eigenvalue weighted by atomic mass is 9.96. The molecule has 2 aromatic rings. The van der Waals surface area contributed by atoms with Crippen LogP contribution in [0, 0.1) is 5.92 Å². The van der Waals surface area contributed by atoms with Gasteiger partial charge in [-0.1, -0.05) is 38.1 Å². The Kier molecular flexibility index (Phi) is 4.22. The van der Waals surface area contributed by atoms with Gasteiger partial charge >= 0.3 is 0 Å². The van der Waals surface area contributed by atoms with Gasteiger partial charge in [0.25, 0.3) is 0 Å². The summed E-state index contributed by atoms with van der Waals surface area (Å²) in [5.41, 5.74) is 7.45. The van der Waals surface area contributed by atoms with E-state index >= 15 is 0 Å². The monoisotopic (exact) mass is 283 g/mol. The molecular weight excluding hydrogens is 258 g/mol. The van der Waals surface area contributed by atoms with E-state index in [-0.39, 0.29) is 6.04 Å². The van der Waals surface area contributed by atoms with Crippen LogP contribution in [0.1, 0.15) is 38.3 Å². The number of likely N-dealkylation sites (tertiary alicyclic amines) is 1. The van der Waals surface area contributed by atoms with Crippen LogP contribution in [0.15, 0.2) is 36.7 Å². The lowest BCUT2D eigenvalue weighted by molar-refractivity contribution is 0.150. The van der Waals surface area contributed by atoms with Crippen molar-refractivity contribution in [3.05, 3.63) is 42.2 Å². The van der Waals surface area contributed by atoms with Crippen molar-refractivity contribution in [2.24, 2.45) is 11.7 Å². The summed E-state index contributed by atoms with van der Waals surface area (Å²) >= 11 is 0. The Balaban J connectivity index is 2.02. The van der Waals surface area contributed by atoms with Crippen LogP contribution in [0.4, 0.5) is 0 Å². The van der Waals surface area contributed by atoms with Gasteiger partial charge in [0, 0.05) is 36.4 Å². The molecule has 0 bridgehead atoms. The maximum atomic E-state index is 6.17. The third-order valence-corrected chi connectivity index (χ3v) is 4.79. The predicted octanol–water partition coefficient (Wildman–Crippen LogP) is 3.36. The minimum Gasteiger partial charge on any atom is -0.329 e. The fraction of sp³-hybridized carbons (Fsp3) is 0.500. The maximum Gasteiger partial charge on any atom is 0.0494 e. The summed E-state index contributed by atoms with van der Waals surface area (Å²) in [5.74, 6) is 0.671. The molecule has 2 atom stereocenters. The molecule has 2 unspecified atom stereocenters. The molecule has 2 N–H and O–H groups in total. The summed E-state index contributed by atoms with van der Waals surface area (Å²) in [6.07, 6.45) is 6.51. The zero-order valence-corrected chi connectivity index (χ0v) is 13.0. The van der Waals surface area contributed by atoms with E-state index in [1.54, 1.807) is 0 Å². The second-order valence-electron chi connectivity index (χ2n) is 6.39. The number of pyridine rings is 1. The summed E-state index contributed by atoms with van der Waals surface area (Å²) in [7, 11) is 0. The van der Waals surface area contributed by atoms with E-state index in [0.29, 0.717) is 18.5 Å². The topological polar surface area (TPSA) is 42.1 Å². The second kappa shape index (κ2) is 6.12. The van der Waals surface area contributed by atoms with Crippen LogP contribution in [-0.2, 0) is 0 Å². The van der Waals surface area contributed by atoms with Crippen molar-refractivity contribution in [2.45, 2.75) is 38.8 Å². The van der Waals surface area contributed by atoms with Crippen molar-refractivity contribution in [1.29, 1.82) is 0 Å². The summed E-state index contributed by atoms with van der Waals surface area (Å²) in [6, 6.07) is 9.40. The number of nitrogens with two attached hydrogens (primary N) is 1. The van der Waals surface area contributed by atoms with Gasteiger partial charge in [0.2, 0.25) is 0 Å². The predicted molar refractivity (Wildman–Crippen MR) is 88.1 cm³/mol. The van der Waals surface area contributed by atoms with Gasteiger partial charge in [-0.2, -0.15) is 0 Å². The van der Waals surface area contributed by atoms with Crippen molar-refractivity contribution in [3.63, 3.8) is 0 Å². The highest BCUT2D eigenvalue weighted by molar-refractivity contribution is 5.85. The van der Waals surface area contributed by atoms with Crippen molar-refractivity contribution in [2.75, 3.05) is 13.1 Å². The molecule has 0 spiro atoms. The number of hydrogen-bond acceptors (Lipinski definition) is 3. The van der Waals surface area contributed by atoms with Crippen molar-refractivity contribution in [3.8, 4) is 0 Å². The minimum absolute atomic E-state index is 0.276. The molecule has 1 aliphatic rings. The van der Waals surface area contributed by atoms with E-state index in [0.717, 1.165) is 6.54 Å². The molecule has 1 fully saturated rings. The van der Waals surface area contributed by atoms with Crippen molar-refractivity contribution >= 4 is 10.8 Å². The van der Waals surface area contributed by atoms with Gasteiger partial charge in [0.1, 0.15) is 0 Å². The molecule has 1 aromatic carbocycles. The highest BCUT2D eigenvalue weighted by Crippen LogP contribution is 2.34. The number of aromatic nitrogens is 1. The molecular formula is C18H25N3. The third-order valence-electron chi connectivity index (χ3n) is 4.79. The number of hydrogen-bond donors (Lipinski definition) is 1. The largest absolute Gasteiger partial charge is 0.329 e. The first-order valence-electron chi connectivity index (χ1n) is 8.01. The molecule has 21 heavy (non-hydrogen) atoms. The Hall–Kier alpha value is -1.45. The molecule has 0 saturated carbocycles. The summed E-state index contributed by atoms with van der Waals surface area (Å²) in [6.45, 7) is 6.43. The molecule has 1 saturated heterocycles. The average molecular weight is 283 g/mol. The molecule has 0 aliphatic carbocycles. The molecule has 1 aromatic heterocycles. The number of fused-ring (bicyclic) bond motifs is 1. The molecule has 112 valence electrons. The van der Waals surface area contributed by atoms with E-state index < -0.39 is 0 Å². The first-order chi connectivity index (χ1) is 10.2. The van der Waals surface area contributed by atoms with E-state index in [9.17, 15) is 0 Å². The molecule has 1 aliphatic heterocycles. The molecule has 3 nitrogen and oxygen atoms in total. The second-order valence-corrected chi connectivity index (χ2v) is 6.39. The summed E-state index contributed by atoms with van der Waals surface area (Å²) in [4.78, 5) is 7.05. The lowest BCUT2D eigenvalue weighted by Gasteiger charge is -2.35. The van der Waals surface area contributed by atoms with Gasteiger partial charge in [-0.15, -0.1) is 0 Å². The van der Waals surface area contributed by atoms with Crippen LogP contribution in [0.2, 0.25) is 0 Å². The maximum absolute atomic E-state index is 6.17. The van der Waals surface area contributed by atoms with Gasteiger partial charge in [0.15, 0.2) is 0 Å². The zero-order chi connectivity index (χ0) is 14.8. The first-order valence-corrected chi connectivity index (χ1v) is 8.01. The molecule has 0 amide bonds. The van der Waals surface area contributed by atoms with E-state index in [1.165, 1.54) is 29.2 Å². The van der Waals surface area contributed by atoms with Crippen LogP contribution < -0.4 is 5.73 Å². The number of benzene rings is 1. The SMILES string of the molecule is CC(C)C1CCCN1C(CN)c1cncc2ccccc12. The van der Waals surface area contributed by atoms with Gasteiger partial charge in [-0.25, -0.2) is 0 Å². The van der Waals surface area contributed by atoms with Crippen molar-refractivity contribution in [1.82, 2.24) is 9.88 Å². The highest BCUT2D eigenvalue weighted by atomic mass is 15.2. The molecule has 2 heterocycles. The Morgan fingerprint density at radius 2 is 2.10 bits per heavy atom. The van der Waals surface area contributed by atoms with E-state index in [1.807, 2.05) is 12.4 Å². The smallest absolute Gasteiger partial charge is 0.0494 e. The quantitative estimate of drug-likeness (QED) is 0.935. The van der Waals surface area contributed by atoms with E-state index in [4.69, 9.17) is 5.73 Å². The lowest BCUT2D eigenvalue weighted by Crippen LogP contribution is -2.40. The first kappa shape index (κ1) is 14.5. The summed E-state index contributed by atoms with van der Waals surface area (Å²) in [5, 5.41) is 2.49. The summed E-state index contributed by atoms with van der Waals surface area (Å²) < 4.78 is 0. The fourth-order valence-electron chi connectivity index (χ4n) is 3.76. The minimum atomic E-state index is 0.276. The van der Waals surface area contributed by atoms with Crippen molar-refractivity contribution < 1.29 is 0 Å². The van der Waals surface area contributed by atoms with E-state index in [2.05, 4.69) is 48.0 Å². The average Bonchev–Trinajstić information content (AvgIpc) is 2.98.